The highest BCUT2D eigenvalue weighted by Gasteiger charge is 2.33. The van der Waals surface area contributed by atoms with E-state index in [-0.39, 0.29) is 5.04 Å². The average Bonchev–Trinajstić information content (AvgIpc) is 2.53. The lowest BCUT2D eigenvalue weighted by Crippen LogP contribution is -2.38. The fraction of sp³-hybridized carbons (Fsp3) is 0.524. The van der Waals surface area contributed by atoms with Crippen LogP contribution < -0.4 is 0 Å². The van der Waals surface area contributed by atoms with E-state index in [2.05, 4.69) is 86.6 Å². The molecule has 0 N–H and O–H groups in total. The van der Waals surface area contributed by atoms with E-state index in [4.69, 9.17) is 4.74 Å². The highest BCUT2D eigenvalue weighted by atomic mass is 28.3. The van der Waals surface area contributed by atoms with E-state index in [9.17, 15) is 0 Å². The number of morpholine rings is 1. The third-order valence-corrected chi connectivity index (χ3v) is 9.55. The molecule has 0 aromatic heterocycles. The monoisotopic (exact) mass is 341 g/mol. The molecule has 3 heteroatoms. The summed E-state index contributed by atoms with van der Waals surface area (Å²) in [4.78, 5) is 2.44. The predicted octanol–water partition coefficient (Wildman–Crippen LogP) is 4.45. The Morgan fingerprint density at radius 3 is 2.38 bits per heavy atom. The average molecular weight is 342 g/mol. The van der Waals surface area contributed by atoms with Crippen molar-refractivity contribution in [1.29, 1.82) is 0 Å². The molecule has 1 heterocycles. The van der Waals surface area contributed by atoms with Gasteiger partial charge in [-0.05, 0) is 16.7 Å². The Labute approximate surface area is 148 Å². The predicted molar refractivity (Wildman–Crippen MR) is 107 cm³/mol. The molecule has 0 aliphatic carbocycles. The molecule has 0 unspecified atom stereocenters. The van der Waals surface area contributed by atoms with E-state index >= 15 is 0 Å². The van der Waals surface area contributed by atoms with Crippen LogP contribution in [0.3, 0.4) is 0 Å². The van der Waals surface area contributed by atoms with Gasteiger partial charge in [-0.25, -0.2) is 0 Å². The number of hydrogen-bond donors (Lipinski definition) is 0. The van der Waals surface area contributed by atoms with Crippen molar-refractivity contribution in [1.82, 2.24) is 4.90 Å². The number of benzene rings is 1. The highest BCUT2D eigenvalue weighted by molar-refractivity contribution is 6.87. The van der Waals surface area contributed by atoms with Crippen LogP contribution in [0.4, 0.5) is 0 Å². The van der Waals surface area contributed by atoms with Crippen LogP contribution in [0.25, 0.3) is 6.08 Å². The Balaban J connectivity index is 2.24. The minimum atomic E-state index is -1.60. The quantitative estimate of drug-likeness (QED) is 0.595. The second-order valence-electron chi connectivity index (χ2n) is 8.09. The summed E-state index contributed by atoms with van der Waals surface area (Å²) in [7, 11) is -1.60. The Hall–Kier alpha value is -1.34. The molecule has 0 radical (unpaired) electrons. The van der Waals surface area contributed by atoms with Gasteiger partial charge in [0, 0.05) is 25.2 Å². The lowest BCUT2D eigenvalue weighted by molar-refractivity contribution is 0.0428. The lowest BCUT2D eigenvalue weighted by atomic mass is 10.1. The molecular formula is C21H31NOSi. The maximum Gasteiger partial charge on any atom is 0.138 e. The first-order valence-corrected chi connectivity index (χ1v) is 11.9. The first kappa shape index (κ1) is 19.0. The molecule has 1 aliphatic heterocycles. The summed E-state index contributed by atoms with van der Waals surface area (Å²) in [5.41, 5.74) is 6.11. The van der Waals surface area contributed by atoms with Gasteiger partial charge in [0.2, 0.25) is 0 Å². The standard InChI is InChI=1S/C21H31NOSi/c1-21(2,3)24(4,5)16-11-20(17-19-9-7-6-8-10-19)18-22-12-14-23-15-13-22/h6-10,17H,12-15,18H2,1-5H3/b20-17+. The zero-order chi connectivity index (χ0) is 17.6. The number of ether oxygens (including phenoxy) is 1. The fourth-order valence-corrected chi connectivity index (χ4v) is 3.14. The van der Waals surface area contributed by atoms with Crippen LogP contribution in [0, 0.1) is 11.5 Å². The van der Waals surface area contributed by atoms with Gasteiger partial charge in [-0.1, -0.05) is 70.1 Å². The molecule has 130 valence electrons. The van der Waals surface area contributed by atoms with Gasteiger partial charge in [-0.15, -0.1) is 5.54 Å². The molecule has 2 rings (SSSR count). The van der Waals surface area contributed by atoms with Crippen molar-refractivity contribution < 1.29 is 4.74 Å². The van der Waals surface area contributed by atoms with Gasteiger partial charge < -0.3 is 4.74 Å². The largest absolute Gasteiger partial charge is 0.379 e. The van der Waals surface area contributed by atoms with Gasteiger partial charge in [0.15, 0.2) is 0 Å². The van der Waals surface area contributed by atoms with Gasteiger partial charge in [-0.2, -0.15) is 0 Å². The Morgan fingerprint density at radius 2 is 1.79 bits per heavy atom. The topological polar surface area (TPSA) is 12.5 Å². The number of rotatable bonds is 3. The summed E-state index contributed by atoms with van der Waals surface area (Å²) in [6.07, 6.45) is 2.25. The van der Waals surface area contributed by atoms with Crippen molar-refractivity contribution in [2.75, 3.05) is 32.8 Å². The third kappa shape index (κ3) is 5.63. The fourth-order valence-electron chi connectivity index (χ4n) is 2.30. The lowest BCUT2D eigenvalue weighted by Gasteiger charge is -2.31. The minimum Gasteiger partial charge on any atom is -0.379 e. The second kappa shape index (κ2) is 8.16. The number of hydrogen-bond acceptors (Lipinski definition) is 2. The van der Waals surface area contributed by atoms with E-state index < -0.39 is 8.07 Å². The molecule has 0 bridgehead atoms. The van der Waals surface area contributed by atoms with Gasteiger partial charge >= 0.3 is 0 Å². The van der Waals surface area contributed by atoms with Crippen LogP contribution in [0.2, 0.25) is 18.1 Å². The van der Waals surface area contributed by atoms with Crippen molar-refractivity contribution in [3.8, 4) is 11.5 Å². The van der Waals surface area contributed by atoms with Gasteiger partial charge in [0.1, 0.15) is 8.07 Å². The van der Waals surface area contributed by atoms with Crippen LogP contribution in [0.5, 0.6) is 0 Å². The summed E-state index contributed by atoms with van der Waals surface area (Å²) in [6.45, 7) is 16.2. The number of nitrogens with zero attached hydrogens (tertiary/aromatic N) is 1. The van der Waals surface area contributed by atoms with E-state index in [1.54, 1.807) is 0 Å². The third-order valence-electron chi connectivity index (χ3n) is 5.05. The molecule has 0 spiro atoms. The molecule has 0 saturated carbocycles. The normalized spacial score (nSPS) is 17.3. The van der Waals surface area contributed by atoms with Crippen molar-refractivity contribution >= 4 is 14.1 Å². The summed E-state index contributed by atoms with van der Waals surface area (Å²) < 4.78 is 5.47. The molecule has 1 aliphatic rings. The zero-order valence-corrected chi connectivity index (χ0v) is 16.9. The first-order chi connectivity index (χ1) is 11.3. The molecule has 0 atom stereocenters. The van der Waals surface area contributed by atoms with Gasteiger partial charge in [0.05, 0.1) is 13.2 Å². The Kier molecular flexibility index (Phi) is 6.45. The Bertz CT molecular complexity index is 611. The van der Waals surface area contributed by atoms with Crippen LogP contribution in [-0.2, 0) is 4.74 Å². The Morgan fingerprint density at radius 1 is 1.17 bits per heavy atom. The molecule has 2 nitrogen and oxygen atoms in total. The van der Waals surface area contributed by atoms with E-state index in [1.807, 2.05) is 0 Å². The molecule has 1 fully saturated rings. The maximum atomic E-state index is 5.47. The van der Waals surface area contributed by atoms with Gasteiger partial charge in [0.25, 0.3) is 0 Å². The van der Waals surface area contributed by atoms with Crippen LogP contribution in [0.1, 0.15) is 26.3 Å². The van der Waals surface area contributed by atoms with Crippen molar-refractivity contribution in [3.05, 3.63) is 41.5 Å². The molecule has 1 saturated heterocycles. The molecule has 0 amide bonds. The molecule has 24 heavy (non-hydrogen) atoms. The summed E-state index contributed by atoms with van der Waals surface area (Å²) in [5, 5.41) is 0.289. The maximum absolute atomic E-state index is 5.47. The summed E-state index contributed by atoms with van der Waals surface area (Å²) in [5.74, 6) is 3.55. The van der Waals surface area contributed by atoms with Crippen molar-refractivity contribution in [3.63, 3.8) is 0 Å². The molecule has 1 aromatic rings. The summed E-state index contributed by atoms with van der Waals surface area (Å²) >= 11 is 0. The smallest absolute Gasteiger partial charge is 0.138 e. The van der Waals surface area contributed by atoms with Gasteiger partial charge in [-0.3, -0.25) is 4.90 Å². The second-order valence-corrected chi connectivity index (χ2v) is 13.1. The highest BCUT2D eigenvalue weighted by Crippen LogP contribution is 2.35. The van der Waals surface area contributed by atoms with E-state index in [0.29, 0.717) is 0 Å². The van der Waals surface area contributed by atoms with Crippen LogP contribution >= 0.6 is 0 Å². The SMILES string of the molecule is CC(C)(C)[Si](C)(C)C#C/C(=C\c1ccccc1)CN1CCOCC1. The van der Waals surface area contributed by atoms with Crippen LogP contribution in [0.15, 0.2) is 35.9 Å². The van der Waals surface area contributed by atoms with Crippen molar-refractivity contribution in [2.45, 2.75) is 38.9 Å². The summed E-state index contributed by atoms with van der Waals surface area (Å²) in [6, 6.07) is 10.5. The zero-order valence-electron chi connectivity index (χ0n) is 15.9. The van der Waals surface area contributed by atoms with E-state index in [0.717, 1.165) is 32.8 Å². The first-order valence-electron chi connectivity index (χ1n) is 8.87. The van der Waals surface area contributed by atoms with E-state index in [1.165, 1.54) is 11.1 Å². The van der Waals surface area contributed by atoms with Crippen molar-refractivity contribution in [2.24, 2.45) is 0 Å². The van der Waals surface area contributed by atoms with Crippen LogP contribution in [-0.4, -0.2) is 45.8 Å². The minimum absolute atomic E-state index is 0.289. The molecule has 1 aromatic carbocycles. The molecular weight excluding hydrogens is 310 g/mol.